The van der Waals surface area contributed by atoms with Crippen LogP contribution in [0, 0.1) is 0 Å². The van der Waals surface area contributed by atoms with Crippen molar-refractivity contribution in [3.63, 3.8) is 0 Å². The van der Waals surface area contributed by atoms with Crippen LogP contribution in [-0.2, 0) is 0 Å². The molecule has 0 atom stereocenters. The van der Waals surface area contributed by atoms with Gasteiger partial charge in [0.25, 0.3) is 0 Å². The van der Waals surface area contributed by atoms with Gasteiger partial charge in [-0.25, -0.2) is 0 Å². The summed E-state index contributed by atoms with van der Waals surface area (Å²) in [6.07, 6.45) is 0. The van der Waals surface area contributed by atoms with E-state index in [0.717, 1.165) is 0 Å². The van der Waals surface area contributed by atoms with Gasteiger partial charge in [-0.15, -0.1) is 0 Å². The molecule has 0 N–H and O–H groups in total. The Kier molecular flexibility index (Phi) is 5.18. The Hall–Kier alpha value is 1.41. The summed E-state index contributed by atoms with van der Waals surface area (Å²) >= 11 is -0.500. The third-order valence-corrected chi connectivity index (χ3v) is 14.7. The molecule has 0 saturated carbocycles. The lowest BCUT2D eigenvalue weighted by atomic mass is 11.9. The largest absolute Gasteiger partial charge is 0.345 e. The van der Waals surface area contributed by atoms with E-state index in [-0.39, 0.29) is 26.0 Å². The van der Waals surface area contributed by atoms with E-state index in [1.54, 1.807) is 0 Å². The minimum Gasteiger partial charge on any atom is -0.345 e. The molecule has 0 aliphatic rings. The minimum atomic E-state index is -0.250. The molecule has 0 aliphatic heterocycles. The minimum absolute atomic E-state index is 0.250. The maximum absolute atomic E-state index is 2.40. The van der Waals surface area contributed by atoms with Crippen molar-refractivity contribution in [1.29, 1.82) is 0 Å². The topological polar surface area (TPSA) is 0 Å². The standard InChI is InChI=1S/4CH3.2Al.S/h4*1H3;;;. The van der Waals surface area contributed by atoms with Gasteiger partial charge >= 0.3 is 26.0 Å². The van der Waals surface area contributed by atoms with E-state index in [0.29, 0.717) is 0 Å². The van der Waals surface area contributed by atoms with Crippen LogP contribution in [0.3, 0.4) is 0 Å². The quantitative estimate of drug-likeness (QED) is 0.538. The maximum Gasteiger partial charge on any atom is 0.318 e. The SMILES string of the molecule is [CH3][Al]([CH3])[S][Al]([CH3])[CH3]. The molecule has 0 fully saturated rings. The van der Waals surface area contributed by atoms with Crippen molar-refractivity contribution in [3.8, 4) is 0 Å². The molecule has 3 heteroatoms. The molecule has 0 saturated heterocycles. The molecule has 0 rings (SSSR count). The lowest BCUT2D eigenvalue weighted by molar-refractivity contribution is 2.09. The van der Waals surface area contributed by atoms with Crippen LogP contribution in [0.25, 0.3) is 0 Å². The van der Waals surface area contributed by atoms with Crippen molar-refractivity contribution < 1.29 is 0 Å². The van der Waals surface area contributed by atoms with Gasteiger partial charge in [0.05, 0.1) is 0 Å². The van der Waals surface area contributed by atoms with Gasteiger partial charge in [0.1, 0.15) is 0 Å². The van der Waals surface area contributed by atoms with Gasteiger partial charge in [0.15, 0.2) is 0 Å². The Morgan fingerprint density at radius 2 is 1.14 bits per heavy atom. The molecule has 0 aromatic rings. The molecule has 0 spiro atoms. The van der Waals surface area contributed by atoms with Gasteiger partial charge in [-0.3, -0.25) is 0 Å². The predicted octanol–water partition coefficient (Wildman–Crippen LogP) is 2.22. The molecule has 0 nitrogen and oxygen atoms in total. The molecule has 0 amide bonds. The first-order chi connectivity index (χ1) is 3.13. The smallest absolute Gasteiger partial charge is 0.318 e. The van der Waals surface area contributed by atoms with E-state index < -0.39 is 0 Å². The van der Waals surface area contributed by atoms with Crippen molar-refractivity contribution in [2.75, 3.05) is 0 Å². The molecular formula is C4H12Al2S. The van der Waals surface area contributed by atoms with Crippen molar-refractivity contribution in [2.24, 2.45) is 0 Å². The van der Waals surface area contributed by atoms with Crippen LogP contribution in [0.15, 0.2) is 0 Å². The Morgan fingerprint density at radius 1 is 0.857 bits per heavy atom. The zero-order valence-corrected chi connectivity index (χ0v) is 8.69. The van der Waals surface area contributed by atoms with E-state index in [9.17, 15) is 0 Å². The Labute approximate surface area is 57.5 Å². The Bertz CT molecular complexity index is 39.0. The number of hydrogen-bond acceptors (Lipinski definition) is 1. The second-order valence-corrected chi connectivity index (χ2v) is 15.6. The molecular weight excluding hydrogens is 134 g/mol. The van der Waals surface area contributed by atoms with Gasteiger partial charge in [0.2, 0.25) is 0 Å². The fourth-order valence-corrected chi connectivity index (χ4v) is 14.7. The highest BCUT2D eigenvalue weighted by molar-refractivity contribution is 8.45. The predicted molar refractivity (Wildman–Crippen MR) is 42.6 cm³/mol. The molecule has 0 bridgehead atoms. The van der Waals surface area contributed by atoms with Crippen LogP contribution in [-0.4, -0.2) is 26.0 Å². The van der Waals surface area contributed by atoms with E-state index >= 15 is 0 Å². The summed E-state index contributed by atoms with van der Waals surface area (Å²) in [6, 6.07) is 0. The van der Waals surface area contributed by atoms with Crippen LogP contribution in [0.5, 0.6) is 0 Å². The molecule has 0 aromatic carbocycles. The molecule has 0 aliphatic carbocycles. The zero-order chi connectivity index (χ0) is 5.86. The highest BCUT2D eigenvalue weighted by atomic mass is 32.4. The first-order valence-electron chi connectivity index (χ1n) is 2.78. The normalized spacial score (nSPS) is 8.57. The van der Waals surface area contributed by atoms with E-state index in [2.05, 4.69) is 31.6 Å². The third kappa shape index (κ3) is 7.41. The van der Waals surface area contributed by atoms with Crippen molar-refractivity contribution in [1.82, 2.24) is 0 Å². The van der Waals surface area contributed by atoms with Crippen molar-refractivity contribution in [2.45, 2.75) is 23.1 Å². The van der Waals surface area contributed by atoms with Gasteiger partial charge < -0.3 is 8.50 Å². The Morgan fingerprint density at radius 3 is 1.14 bits per heavy atom. The van der Waals surface area contributed by atoms with E-state index in [4.69, 9.17) is 0 Å². The van der Waals surface area contributed by atoms with Gasteiger partial charge in [-0.2, -0.15) is 0 Å². The summed E-state index contributed by atoms with van der Waals surface area (Å²) < 4.78 is 0. The van der Waals surface area contributed by atoms with Crippen molar-refractivity contribution >= 4 is 34.5 Å². The fourth-order valence-electron chi connectivity index (χ4n) is 0.544. The highest BCUT2D eigenvalue weighted by Crippen LogP contribution is 2.09. The summed E-state index contributed by atoms with van der Waals surface area (Å²) in [5, 5.41) is 0. The Balaban J connectivity index is 2.95. The van der Waals surface area contributed by atoms with Crippen LogP contribution < -0.4 is 0 Å². The summed E-state index contributed by atoms with van der Waals surface area (Å²) in [7, 11) is 2.29. The molecule has 7 heavy (non-hydrogen) atoms. The van der Waals surface area contributed by atoms with E-state index in [1.165, 1.54) is 0 Å². The summed E-state index contributed by atoms with van der Waals surface area (Å²) in [5.74, 6) is 9.60. The third-order valence-electron chi connectivity index (χ3n) is 0.544. The van der Waals surface area contributed by atoms with E-state index in [1.807, 2.05) is 0 Å². The van der Waals surface area contributed by atoms with Crippen LogP contribution in [0.2, 0.25) is 23.1 Å². The lowest BCUT2D eigenvalue weighted by Crippen LogP contribution is -2.02. The molecule has 0 aromatic heterocycles. The van der Waals surface area contributed by atoms with Crippen LogP contribution >= 0.6 is 8.50 Å². The molecule has 0 heterocycles. The van der Waals surface area contributed by atoms with Crippen LogP contribution in [0.1, 0.15) is 0 Å². The second-order valence-electron chi connectivity index (χ2n) is 2.23. The summed E-state index contributed by atoms with van der Waals surface area (Å²) in [5.41, 5.74) is 0. The lowest BCUT2D eigenvalue weighted by Gasteiger charge is -1.97. The second kappa shape index (κ2) is 4.31. The first kappa shape index (κ1) is 8.41. The highest BCUT2D eigenvalue weighted by Gasteiger charge is 2.07. The zero-order valence-electron chi connectivity index (χ0n) is 5.56. The van der Waals surface area contributed by atoms with Gasteiger partial charge in [-0.1, -0.05) is 23.1 Å². The fraction of sp³-hybridized carbons (Fsp3) is 1.00. The molecule has 0 radical (unpaired) electrons. The van der Waals surface area contributed by atoms with Crippen molar-refractivity contribution in [3.05, 3.63) is 0 Å². The van der Waals surface area contributed by atoms with Crippen LogP contribution in [0.4, 0.5) is 0 Å². The van der Waals surface area contributed by atoms with Gasteiger partial charge in [0, 0.05) is 0 Å². The summed E-state index contributed by atoms with van der Waals surface area (Å²) in [4.78, 5) is 0. The summed E-state index contributed by atoms with van der Waals surface area (Å²) in [6.45, 7) is 0. The first-order valence-corrected chi connectivity index (χ1v) is 11.2. The molecule has 40 valence electrons. The average Bonchev–Trinajstić information content (AvgIpc) is 1.27. The average molecular weight is 146 g/mol. The van der Waals surface area contributed by atoms with Gasteiger partial charge in [-0.05, 0) is 0 Å². The number of rotatable bonds is 2. The monoisotopic (exact) mass is 146 g/mol. The maximum atomic E-state index is 2.40. The number of hydrogen-bond donors (Lipinski definition) is 0. The molecule has 0 unspecified atom stereocenters.